The van der Waals surface area contributed by atoms with Gasteiger partial charge in [0.2, 0.25) is 0 Å². The molecule has 204 valence electrons. The molecule has 1 aliphatic rings. The molecule has 4 aromatic rings. The molecule has 39 heavy (non-hydrogen) atoms. The van der Waals surface area contributed by atoms with Gasteiger partial charge in [0.15, 0.2) is 5.65 Å². The van der Waals surface area contributed by atoms with E-state index in [1.807, 2.05) is 40.7 Å². The summed E-state index contributed by atoms with van der Waals surface area (Å²) < 4.78 is 34.4. The molecule has 5 rings (SSSR count). The first kappa shape index (κ1) is 26.6. The van der Waals surface area contributed by atoms with Crippen LogP contribution in [0.1, 0.15) is 33.3 Å². The molecule has 0 spiro atoms. The summed E-state index contributed by atoms with van der Waals surface area (Å²) in [4.78, 5) is 30.0. The highest BCUT2D eigenvalue weighted by Gasteiger charge is 2.33. The van der Waals surface area contributed by atoms with E-state index in [4.69, 9.17) is 4.74 Å². The normalized spacial score (nSPS) is 16.5. The summed E-state index contributed by atoms with van der Waals surface area (Å²) in [7, 11) is -3.95. The third kappa shape index (κ3) is 5.18. The quantitative estimate of drug-likeness (QED) is 0.367. The van der Waals surface area contributed by atoms with E-state index in [-0.39, 0.29) is 22.7 Å². The average Bonchev–Trinajstić information content (AvgIpc) is 3.29. The Bertz CT molecular complexity index is 1610. The Labute approximate surface area is 228 Å². The number of anilines is 1. The lowest BCUT2D eigenvalue weighted by molar-refractivity contribution is 0.0218. The number of aryl methyl sites for hydroxylation is 1. The molecule has 1 amide bonds. The van der Waals surface area contributed by atoms with Gasteiger partial charge in [-0.15, -0.1) is 0 Å². The van der Waals surface area contributed by atoms with Crippen LogP contribution in [0.4, 0.5) is 10.6 Å². The third-order valence-electron chi connectivity index (χ3n) is 6.63. The van der Waals surface area contributed by atoms with Gasteiger partial charge in [-0.2, -0.15) is 0 Å². The SMILES string of the molecule is Cc1ccc(S(=O)(=O)n2cc(-c3cccnc3)c3c(N4CCN(C(=O)OC(C)(C)C)C[C@@H]4C)ncnc32)cc1. The number of ether oxygens (including phenoxy) is 1. The standard InChI is InChI=1S/C28H32N6O4S/c1-19-8-10-22(11-9-19)39(36,37)34-17-23(21-7-6-12-29-15-21)24-25(30-18-31-26(24)34)33-14-13-32(16-20(33)2)27(35)38-28(3,4)5/h6-12,15,17-18,20H,13-14,16H2,1-5H3/t20-/m0/s1. The molecule has 0 radical (unpaired) electrons. The van der Waals surface area contributed by atoms with Gasteiger partial charge >= 0.3 is 6.09 Å². The predicted octanol–water partition coefficient (Wildman–Crippen LogP) is 4.48. The van der Waals surface area contributed by atoms with Crippen molar-refractivity contribution in [3.8, 4) is 11.1 Å². The lowest BCUT2D eigenvalue weighted by Gasteiger charge is -2.41. The van der Waals surface area contributed by atoms with Crippen molar-refractivity contribution >= 4 is 33.0 Å². The average molecular weight is 549 g/mol. The molecule has 3 aromatic heterocycles. The number of carbonyl (C=O) groups excluding carboxylic acids is 1. The molecule has 1 aliphatic heterocycles. The van der Waals surface area contributed by atoms with Crippen LogP contribution >= 0.6 is 0 Å². The molecular formula is C28H32N6O4S. The van der Waals surface area contributed by atoms with E-state index in [2.05, 4.69) is 19.9 Å². The second-order valence-corrected chi connectivity index (χ2v) is 12.6. The Morgan fingerprint density at radius 2 is 1.82 bits per heavy atom. The fraction of sp³-hybridized carbons (Fsp3) is 0.357. The van der Waals surface area contributed by atoms with E-state index in [1.165, 1.54) is 10.3 Å². The van der Waals surface area contributed by atoms with Gasteiger partial charge in [0.25, 0.3) is 10.0 Å². The number of piperazine rings is 1. The van der Waals surface area contributed by atoms with E-state index in [9.17, 15) is 13.2 Å². The largest absolute Gasteiger partial charge is 0.444 e. The molecule has 1 saturated heterocycles. The molecule has 1 atom stereocenters. The molecular weight excluding hydrogens is 516 g/mol. The zero-order valence-corrected chi connectivity index (χ0v) is 23.5. The summed E-state index contributed by atoms with van der Waals surface area (Å²) >= 11 is 0. The molecule has 0 saturated carbocycles. The number of carbonyl (C=O) groups is 1. The minimum Gasteiger partial charge on any atom is -0.444 e. The topological polar surface area (TPSA) is 111 Å². The first-order valence-corrected chi connectivity index (χ1v) is 14.2. The number of rotatable bonds is 4. The molecule has 11 heteroatoms. The van der Waals surface area contributed by atoms with Crippen molar-refractivity contribution in [1.29, 1.82) is 0 Å². The number of hydrogen-bond donors (Lipinski definition) is 0. The van der Waals surface area contributed by atoms with Crippen molar-refractivity contribution in [3.05, 3.63) is 66.9 Å². The van der Waals surface area contributed by atoms with Gasteiger partial charge in [0.05, 0.1) is 10.3 Å². The van der Waals surface area contributed by atoms with Crippen molar-refractivity contribution in [1.82, 2.24) is 23.8 Å². The summed E-state index contributed by atoms with van der Waals surface area (Å²) in [5, 5.41) is 0.610. The molecule has 0 bridgehead atoms. The smallest absolute Gasteiger partial charge is 0.410 e. The van der Waals surface area contributed by atoms with Crippen LogP contribution in [0.5, 0.6) is 0 Å². The van der Waals surface area contributed by atoms with Crippen molar-refractivity contribution in [2.45, 2.75) is 51.2 Å². The first-order chi connectivity index (χ1) is 18.5. The van der Waals surface area contributed by atoms with Crippen LogP contribution in [-0.4, -0.2) is 69.6 Å². The first-order valence-electron chi connectivity index (χ1n) is 12.8. The van der Waals surface area contributed by atoms with Gasteiger partial charge in [0.1, 0.15) is 17.7 Å². The maximum absolute atomic E-state index is 13.8. The highest BCUT2D eigenvalue weighted by molar-refractivity contribution is 7.90. The maximum Gasteiger partial charge on any atom is 0.410 e. The van der Waals surface area contributed by atoms with E-state index >= 15 is 0 Å². The summed E-state index contributed by atoms with van der Waals surface area (Å²) in [5.41, 5.74) is 2.07. The Hall–Kier alpha value is -3.99. The summed E-state index contributed by atoms with van der Waals surface area (Å²) in [5.74, 6) is 0.605. The molecule has 0 N–H and O–H groups in total. The second kappa shape index (κ2) is 9.96. The van der Waals surface area contributed by atoms with Gasteiger partial charge in [0, 0.05) is 55.4 Å². The molecule has 4 heterocycles. The molecule has 0 unspecified atom stereocenters. The van der Waals surface area contributed by atoms with Crippen LogP contribution in [-0.2, 0) is 14.8 Å². The lowest BCUT2D eigenvalue weighted by atomic mass is 10.1. The minimum absolute atomic E-state index is 0.108. The van der Waals surface area contributed by atoms with Crippen molar-refractivity contribution in [2.24, 2.45) is 0 Å². The molecule has 1 aromatic carbocycles. The van der Waals surface area contributed by atoms with Gasteiger partial charge in [-0.1, -0.05) is 23.8 Å². The minimum atomic E-state index is -3.95. The molecule has 0 aliphatic carbocycles. The number of nitrogens with zero attached hydrogens (tertiary/aromatic N) is 6. The van der Waals surface area contributed by atoms with Crippen LogP contribution < -0.4 is 4.90 Å². The Morgan fingerprint density at radius 1 is 1.08 bits per heavy atom. The van der Waals surface area contributed by atoms with Gasteiger partial charge in [-0.3, -0.25) is 4.98 Å². The Kier molecular flexibility index (Phi) is 6.79. The van der Waals surface area contributed by atoms with Crippen molar-refractivity contribution < 1.29 is 17.9 Å². The van der Waals surface area contributed by atoms with Crippen molar-refractivity contribution in [3.63, 3.8) is 0 Å². The van der Waals surface area contributed by atoms with Crippen LogP contribution in [0.25, 0.3) is 22.2 Å². The number of fused-ring (bicyclic) bond motifs is 1. The van der Waals surface area contributed by atoms with Crippen LogP contribution in [0.2, 0.25) is 0 Å². The van der Waals surface area contributed by atoms with E-state index in [0.717, 1.165) is 11.1 Å². The number of pyridine rings is 1. The highest BCUT2D eigenvalue weighted by atomic mass is 32.2. The lowest BCUT2D eigenvalue weighted by Crippen LogP contribution is -2.54. The Morgan fingerprint density at radius 3 is 2.46 bits per heavy atom. The summed E-state index contributed by atoms with van der Waals surface area (Å²) in [6, 6.07) is 10.3. The zero-order valence-electron chi connectivity index (χ0n) is 22.7. The maximum atomic E-state index is 13.8. The van der Waals surface area contributed by atoms with Gasteiger partial charge in [-0.05, 0) is 52.8 Å². The number of aromatic nitrogens is 4. The number of hydrogen-bond acceptors (Lipinski definition) is 8. The fourth-order valence-corrected chi connectivity index (χ4v) is 6.07. The van der Waals surface area contributed by atoms with Crippen LogP contribution in [0.15, 0.2) is 66.2 Å². The summed E-state index contributed by atoms with van der Waals surface area (Å²) in [6.45, 7) is 10.8. The monoisotopic (exact) mass is 548 g/mol. The zero-order chi connectivity index (χ0) is 27.9. The Balaban J connectivity index is 1.61. The summed E-state index contributed by atoms with van der Waals surface area (Å²) in [6.07, 6.45) is 5.99. The van der Waals surface area contributed by atoms with E-state index < -0.39 is 15.6 Å². The van der Waals surface area contributed by atoms with E-state index in [0.29, 0.717) is 36.4 Å². The third-order valence-corrected chi connectivity index (χ3v) is 8.30. The number of benzene rings is 1. The predicted molar refractivity (Wildman–Crippen MR) is 149 cm³/mol. The second-order valence-electron chi connectivity index (χ2n) is 10.8. The number of amides is 1. The fourth-order valence-electron chi connectivity index (χ4n) is 4.75. The van der Waals surface area contributed by atoms with E-state index in [1.54, 1.807) is 53.8 Å². The van der Waals surface area contributed by atoms with Gasteiger partial charge < -0.3 is 14.5 Å². The van der Waals surface area contributed by atoms with Crippen molar-refractivity contribution in [2.75, 3.05) is 24.5 Å². The van der Waals surface area contributed by atoms with Crippen LogP contribution in [0.3, 0.4) is 0 Å². The van der Waals surface area contributed by atoms with Crippen LogP contribution in [0, 0.1) is 6.92 Å². The molecule has 1 fully saturated rings. The van der Waals surface area contributed by atoms with Gasteiger partial charge in [-0.25, -0.2) is 27.2 Å². The highest BCUT2D eigenvalue weighted by Crippen LogP contribution is 2.38. The molecule has 10 nitrogen and oxygen atoms in total.